The third-order valence-corrected chi connectivity index (χ3v) is 6.42. The first-order valence-electron chi connectivity index (χ1n) is 10.1. The molecular formula is C23H25N3O2S. The lowest BCUT2D eigenvalue weighted by Gasteiger charge is -2.30. The van der Waals surface area contributed by atoms with Gasteiger partial charge >= 0.3 is 0 Å². The summed E-state index contributed by atoms with van der Waals surface area (Å²) in [6.07, 6.45) is 1.72. The lowest BCUT2D eigenvalue weighted by molar-refractivity contribution is -0.131. The van der Waals surface area contributed by atoms with Crippen molar-refractivity contribution >= 4 is 28.6 Å². The minimum Gasteiger partial charge on any atom is -0.337 e. The summed E-state index contributed by atoms with van der Waals surface area (Å²) in [5, 5.41) is 0.933. The average Bonchev–Trinajstić information content (AvgIpc) is 2.75. The maximum atomic E-state index is 13.1. The quantitative estimate of drug-likeness (QED) is 0.476. The second-order valence-corrected chi connectivity index (χ2v) is 8.71. The Morgan fingerprint density at radius 2 is 1.86 bits per heavy atom. The summed E-state index contributed by atoms with van der Waals surface area (Å²) in [7, 11) is 0. The van der Waals surface area contributed by atoms with Crippen LogP contribution in [0.5, 0.6) is 0 Å². The summed E-state index contributed by atoms with van der Waals surface area (Å²) in [6.45, 7) is 5.92. The highest BCUT2D eigenvalue weighted by atomic mass is 32.2. The number of nitrogens with zero attached hydrogens (tertiary/aromatic N) is 3. The maximum absolute atomic E-state index is 13.1. The molecule has 1 aliphatic rings. The molecule has 0 N–H and O–H groups in total. The van der Waals surface area contributed by atoms with Gasteiger partial charge in [-0.15, -0.1) is 0 Å². The second-order valence-electron chi connectivity index (χ2n) is 7.41. The Bertz CT molecular complexity index is 1110. The Labute approximate surface area is 174 Å². The SMILES string of the molecule is CCCn1c(S[C@H](C)C(=O)N2CCc3ccccc3C2)nc2ccccc2c1=O. The molecule has 1 aromatic heterocycles. The van der Waals surface area contributed by atoms with E-state index < -0.39 is 0 Å². The Morgan fingerprint density at radius 1 is 1.14 bits per heavy atom. The number of amides is 1. The van der Waals surface area contributed by atoms with E-state index in [1.165, 1.54) is 22.9 Å². The van der Waals surface area contributed by atoms with Crippen LogP contribution in [0.2, 0.25) is 0 Å². The van der Waals surface area contributed by atoms with Gasteiger partial charge in [0.05, 0.1) is 16.2 Å². The molecule has 29 heavy (non-hydrogen) atoms. The molecule has 2 heterocycles. The van der Waals surface area contributed by atoms with Gasteiger partial charge in [-0.2, -0.15) is 0 Å². The summed E-state index contributed by atoms with van der Waals surface area (Å²) < 4.78 is 1.71. The monoisotopic (exact) mass is 407 g/mol. The zero-order chi connectivity index (χ0) is 20.4. The van der Waals surface area contributed by atoms with Gasteiger partial charge in [-0.25, -0.2) is 4.98 Å². The average molecular weight is 408 g/mol. The fourth-order valence-corrected chi connectivity index (χ4v) is 4.83. The van der Waals surface area contributed by atoms with Crippen LogP contribution in [0.3, 0.4) is 0 Å². The highest BCUT2D eigenvalue weighted by molar-refractivity contribution is 8.00. The Kier molecular flexibility index (Phi) is 5.72. The van der Waals surface area contributed by atoms with Crippen LogP contribution >= 0.6 is 11.8 Å². The van der Waals surface area contributed by atoms with E-state index in [9.17, 15) is 9.59 Å². The van der Waals surface area contributed by atoms with Crippen LogP contribution in [-0.2, 0) is 24.3 Å². The molecule has 0 saturated heterocycles. The van der Waals surface area contributed by atoms with Gasteiger partial charge in [-0.05, 0) is 43.0 Å². The molecule has 2 aromatic carbocycles. The lowest BCUT2D eigenvalue weighted by Crippen LogP contribution is -2.40. The van der Waals surface area contributed by atoms with E-state index in [1.807, 2.05) is 55.1 Å². The van der Waals surface area contributed by atoms with Crippen molar-refractivity contribution < 1.29 is 4.79 Å². The van der Waals surface area contributed by atoms with Gasteiger partial charge in [-0.3, -0.25) is 14.2 Å². The molecule has 1 aliphatic heterocycles. The van der Waals surface area contributed by atoms with Gasteiger partial charge in [-0.1, -0.05) is 55.1 Å². The molecule has 150 valence electrons. The molecule has 0 unspecified atom stereocenters. The number of benzene rings is 2. The molecule has 4 rings (SSSR count). The molecule has 6 heteroatoms. The summed E-state index contributed by atoms with van der Waals surface area (Å²) in [5.41, 5.74) is 3.19. The maximum Gasteiger partial charge on any atom is 0.262 e. The zero-order valence-electron chi connectivity index (χ0n) is 16.8. The standard InChI is InChI=1S/C23H25N3O2S/c1-3-13-26-22(28)19-10-6-7-11-20(19)24-23(26)29-16(2)21(27)25-14-12-17-8-4-5-9-18(17)15-25/h4-11,16H,3,12-15H2,1-2H3/t16-/m1/s1. The number of carbonyl (C=O) groups is 1. The van der Waals surface area contributed by atoms with E-state index in [1.54, 1.807) is 4.57 Å². The van der Waals surface area contributed by atoms with Crippen molar-refractivity contribution in [1.82, 2.24) is 14.5 Å². The van der Waals surface area contributed by atoms with Crippen LogP contribution in [0.1, 0.15) is 31.4 Å². The Balaban J connectivity index is 1.58. The van der Waals surface area contributed by atoms with E-state index in [-0.39, 0.29) is 16.7 Å². The van der Waals surface area contributed by atoms with E-state index in [0.29, 0.717) is 29.1 Å². The van der Waals surface area contributed by atoms with Crippen molar-refractivity contribution in [3.8, 4) is 0 Å². The lowest BCUT2D eigenvalue weighted by atomic mass is 10.00. The molecule has 3 aromatic rings. The first kappa shape index (κ1) is 19.7. The first-order chi connectivity index (χ1) is 14.1. The molecule has 0 radical (unpaired) electrons. The fraction of sp³-hybridized carbons (Fsp3) is 0.348. The number of rotatable bonds is 5. The van der Waals surface area contributed by atoms with Gasteiger partial charge in [0, 0.05) is 19.6 Å². The number of hydrogen-bond acceptors (Lipinski definition) is 4. The first-order valence-corrected chi connectivity index (χ1v) is 11.0. The molecule has 0 fully saturated rings. The van der Waals surface area contributed by atoms with Crippen molar-refractivity contribution in [2.75, 3.05) is 6.54 Å². The Hall–Kier alpha value is -2.60. The number of carbonyl (C=O) groups excluding carboxylic acids is 1. The number of fused-ring (bicyclic) bond motifs is 2. The van der Waals surface area contributed by atoms with Gasteiger partial charge < -0.3 is 4.90 Å². The molecule has 0 aliphatic carbocycles. The van der Waals surface area contributed by atoms with Crippen molar-refractivity contribution in [3.05, 3.63) is 70.0 Å². The molecule has 0 saturated carbocycles. The van der Waals surface area contributed by atoms with Crippen LogP contribution in [-0.4, -0.2) is 32.2 Å². The molecule has 1 atom stereocenters. The van der Waals surface area contributed by atoms with Gasteiger partial charge in [0.15, 0.2) is 5.16 Å². The van der Waals surface area contributed by atoms with Crippen molar-refractivity contribution in [1.29, 1.82) is 0 Å². The summed E-state index contributed by atoms with van der Waals surface area (Å²) in [6, 6.07) is 15.7. The zero-order valence-corrected chi connectivity index (χ0v) is 17.6. The fourth-order valence-electron chi connectivity index (χ4n) is 3.81. The van der Waals surface area contributed by atoms with Crippen LogP contribution in [0.15, 0.2) is 58.5 Å². The number of hydrogen-bond donors (Lipinski definition) is 0. The van der Waals surface area contributed by atoms with Crippen molar-refractivity contribution in [2.24, 2.45) is 0 Å². The second kappa shape index (κ2) is 8.41. The highest BCUT2D eigenvalue weighted by Gasteiger charge is 2.26. The molecule has 0 spiro atoms. The van der Waals surface area contributed by atoms with Crippen molar-refractivity contribution in [3.63, 3.8) is 0 Å². The van der Waals surface area contributed by atoms with Crippen LogP contribution in [0, 0.1) is 0 Å². The summed E-state index contributed by atoms with van der Waals surface area (Å²) >= 11 is 1.38. The van der Waals surface area contributed by atoms with Crippen LogP contribution < -0.4 is 5.56 Å². The molecule has 1 amide bonds. The topological polar surface area (TPSA) is 55.2 Å². The Morgan fingerprint density at radius 3 is 2.66 bits per heavy atom. The molecule has 5 nitrogen and oxygen atoms in total. The van der Waals surface area contributed by atoms with E-state index >= 15 is 0 Å². The third kappa shape index (κ3) is 3.94. The largest absolute Gasteiger partial charge is 0.337 e. The number of para-hydroxylation sites is 1. The number of thioether (sulfide) groups is 1. The molecular weight excluding hydrogens is 382 g/mol. The van der Waals surface area contributed by atoms with Gasteiger partial charge in [0.2, 0.25) is 5.91 Å². The predicted octanol–water partition coefficient (Wildman–Crippen LogP) is 3.87. The third-order valence-electron chi connectivity index (χ3n) is 5.35. The van der Waals surface area contributed by atoms with Crippen LogP contribution in [0.4, 0.5) is 0 Å². The summed E-state index contributed by atoms with van der Waals surface area (Å²) in [5.74, 6) is 0.0926. The van der Waals surface area contributed by atoms with Crippen LogP contribution in [0.25, 0.3) is 10.9 Å². The van der Waals surface area contributed by atoms with Gasteiger partial charge in [0.1, 0.15) is 0 Å². The highest BCUT2D eigenvalue weighted by Crippen LogP contribution is 2.26. The van der Waals surface area contributed by atoms with Gasteiger partial charge in [0.25, 0.3) is 5.56 Å². The van der Waals surface area contributed by atoms with E-state index in [4.69, 9.17) is 4.98 Å². The van der Waals surface area contributed by atoms with E-state index in [2.05, 4.69) is 12.1 Å². The predicted molar refractivity (Wildman–Crippen MR) is 117 cm³/mol. The summed E-state index contributed by atoms with van der Waals surface area (Å²) in [4.78, 5) is 32.7. The minimum absolute atomic E-state index is 0.0356. The number of aromatic nitrogens is 2. The van der Waals surface area contributed by atoms with Crippen molar-refractivity contribution in [2.45, 2.75) is 50.2 Å². The normalized spacial score (nSPS) is 14.6. The minimum atomic E-state index is -0.309. The molecule has 0 bridgehead atoms. The van der Waals surface area contributed by atoms with E-state index in [0.717, 1.165) is 19.4 Å². The smallest absolute Gasteiger partial charge is 0.262 e.